The first kappa shape index (κ1) is 17.1. The maximum atomic E-state index is 12.4. The minimum atomic E-state index is -0.0456. The molecule has 1 amide bonds. The van der Waals surface area contributed by atoms with Crippen LogP contribution in [-0.2, 0) is 4.79 Å². The number of rotatable bonds is 5. The lowest BCUT2D eigenvalue weighted by atomic mass is 10.1. The number of carbonyl (C=O) groups is 1. The number of aromatic nitrogens is 4. The van der Waals surface area contributed by atoms with Crippen LogP contribution >= 0.6 is 0 Å². The van der Waals surface area contributed by atoms with Gasteiger partial charge in [0, 0.05) is 31.4 Å². The Labute approximate surface area is 156 Å². The van der Waals surface area contributed by atoms with E-state index in [2.05, 4.69) is 20.1 Å². The highest BCUT2D eigenvalue weighted by atomic mass is 16.5. The van der Waals surface area contributed by atoms with Crippen molar-refractivity contribution in [2.24, 2.45) is 0 Å². The Bertz CT molecular complexity index is 911. The zero-order chi connectivity index (χ0) is 18.6. The fourth-order valence-corrected chi connectivity index (χ4v) is 2.98. The molecule has 0 spiro atoms. The average molecular weight is 365 g/mol. The topological polar surface area (TPSA) is 94.2 Å². The predicted octanol–water partition coefficient (Wildman–Crippen LogP) is 2.23. The van der Waals surface area contributed by atoms with Crippen molar-refractivity contribution in [2.75, 3.05) is 19.7 Å². The normalized spacial score (nSPS) is 16.5. The molecule has 3 heterocycles. The second kappa shape index (κ2) is 7.53. The Morgan fingerprint density at radius 3 is 2.93 bits per heavy atom. The van der Waals surface area contributed by atoms with Crippen LogP contribution in [0.1, 0.15) is 23.7 Å². The minimum absolute atomic E-state index is 0.0207. The Balaban J connectivity index is 1.34. The highest BCUT2D eigenvalue weighted by Crippen LogP contribution is 2.26. The van der Waals surface area contributed by atoms with Crippen LogP contribution in [0.4, 0.5) is 0 Å². The first-order valence-corrected chi connectivity index (χ1v) is 8.76. The molecule has 1 fully saturated rings. The molecule has 1 unspecified atom stereocenters. The third-order valence-corrected chi connectivity index (χ3v) is 4.51. The minimum Gasteiger partial charge on any atom is -0.484 e. The largest absolute Gasteiger partial charge is 0.484 e. The standard InChI is InChI=1S/C19H19N5O3/c1-13-2-4-15(5-3-13)26-12-17(25)24-9-6-14(11-24)18-22-19(27-23-18)16-10-20-7-8-21-16/h2-5,7-8,10,14H,6,9,11-12H2,1H3. The van der Waals surface area contributed by atoms with E-state index in [1.165, 1.54) is 0 Å². The summed E-state index contributed by atoms with van der Waals surface area (Å²) in [4.78, 5) is 26.7. The first-order valence-electron chi connectivity index (χ1n) is 8.76. The van der Waals surface area contributed by atoms with E-state index in [0.29, 0.717) is 36.2 Å². The summed E-state index contributed by atoms with van der Waals surface area (Å²) in [5.41, 5.74) is 1.69. The number of amides is 1. The number of hydrogen-bond donors (Lipinski definition) is 0. The Morgan fingerprint density at radius 2 is 2.15 bits per heavy atom. The molecule has 0 saturated carbocycles. The van der Waals surface area contributed by atoms with Crippen molar-refractivity contribution in [3.05, 3.63) is 54.2 Å². The lowest BCUT2D eigenvalue weighted by molar-refractivity contribution is -0.132. The molecule has 1 saturated heterocycles. The third-order valence-electron chi connectivity index (χ3n) is 4.51. The molecule has 0 aliphatic carbocycles. The van der Waals surface area contributed by atoms with Crippen molar-refractivity contribution in [3.8, 4) is 17.3 Å². The maximum Gasteiger partial charge on any atom is 0.278 e. The maximum absolute atomic E-state index is 12.4. The average Bonchev–Trinajstić information content (AvgIpc) is 3.37. The van der Waals surface area contributed by atoms with Crippen molar-refractivity contribution < 1.29 is 14.1 Å². The number of hydrogen-bond acceptors (Lipinski definition) is 7. The summed E-state index contributed by atoms with van der Waals surface area (Å²) in [6.07, 6.45) is 5.52. The van der Waals surface area contributed by atoms with Crippen molar-refractivity contribution in [1.82, 2.24) is 25.0 Å². The molecule has 2 aromatic heterocycles. The van der Waals surface area contributed by atoms with Crippen LogP contribution in [-0.4, -0.2) is 50.6 Å². The summed E-state index contributed by atoms with van der Waals surface area (Å²) in [7, 11) is 0. The van der Waals surface area contributed by atoms with Gasteiger partial charge in [0.05, 0.1) is 6.20 Å². The van der Waals surface area contributed by atoms with Gasteiger partial charge in [0.25, 0.3) is 11.8 Å². The third kappa shape index (κ3) is 3.94. The Kier molecular flexibility index (Phi) is 4.78. The monoisotopic (exact) mass is 365 g/mol. The zero-order valence-electron chi connectivity index (χ0n) is 14.9. The van der Waals surface area contributed by atoms with Gasteiger partial charge in [0.2, 0.25) is 0 Å². The highest BCUT2D eigenvalue weighted by Gasteiger charge is 2.31. The van der Waals surface area contributed by atoms with E-state index in [-0.39, 0.29) is 18.4 Å². The fraction of sp³-hybridized carbons (Fsp3) is 0.316. The summed E-state index contributed by atoms with van der Waals surface area (Å²) < 4.78 is 10.9. The SMILES string of the molecule is Cc1ccc(OCC(=O)N2CCC(c3noc(-c4cnccn4)n3)C2)cc1. The van der Waals surface area contributed by atoms with E-state index in [1.54, 1.807) is 23.5 Å². The van der Waals surface area contributed by atoms with Gasteiger partial charge in [-0.2, -0.15) is 4.98 Å². The van der Waals surface area contributed by atoms with Gasteiger partial charge in [-0.25, -0.2) is 4.98 Å². The van der Waals surface area contributed by atoms with Crippen molar-refractivity contribution in [2.45, 2.75) is 19.3 Å². The molecule has 4 rings (SSSR count). The van der Waals surface area contributed by atoms with Gasteiger partial charge in [-0.3, -0.25) is 9.78 Å². The van der Waals surface area contributed by atoms with E-state index in [1.807, 2.05) is 31.2 Å². The second-order valence-corrected chi connectivity index (χ2v) is 6.48. The van der Waals surface area contributed by atoms with Crippen molar-refractivity contribution in [3.63, 3.8) is 0 Å². The lowest BCUT2D eigenvalue weighted by Crippen LogP contribution is -2.32. The Hall–Kier alpha value is -3.29. The predicted molar refractivity (Wildman–Crippen MR) is 95.9 cm³/mol. The van der Waals surface area contributed by atoms with Gasteiger partial charge in [-0.15, -0.1) is 0 Å². The number of benzene rings is 1. The van der Waals surface area contributed by atoms with Crippen LogP contribution in [0.25, 0.3) is 11.6 Å². The molecule has 8 heteroatoms. The molecule has 1 aliphatic heterocycles. The van der Waals surface area contributed by atoms with Gasteiger partial charge < -0.3 is 14.2 Å². The molecule has 27 heavy (non-hydrogen) atoms. The van der Waals surface area contributed by atoms with E-state index in [9.17, 15) is 4.79 Å². The number of likely N-dealkylation sites (tertiary alicyclic amines) is 1. The number of carbonyl (C=O) groups excluding carboxylic acids is 1. The second-order valence-electron chi connectivity index (χ2n) is 6.48. The molecule has 1 atom stereocenters. The zero-order valence-corrected chi connectivity index (χ0v) is 14.9. The van der Waals surface area contributed by atoms with E-state index < -0.39 is 0 Å². The number of nitrogens with zero attached hydrogens (tertiary/aromatic N) is 5. The molecule has 8 nitrogen and oxygen atoms in total. The highest BCUT2D eigenvalue weighted by molar-refractivity contribution is 5.78. The van der Waals surface area contributed by atoms with Gasteiger partial charge in [0.1, 0.15) is 11.4 Å². The quantitative estimate of drug-likeness (QED) is 0.684. The molecular weight excluding hydrogens is 346 g/mol. The summed E-state index contributed by atoms with van der Waals surface area (Å²) in [5.74, 6) is 1.62. The molecule has 0 radical (unpaired) electrons. The smallest absolute Gasteiger partial charge is 0.278 e. The van der Waals surface area contributed by atoms with Gasteiger partial charge in [-0.1, -0.05) is 22.9 Å². The van der Waals surface area contributed by atoms with Gasteiger partial charge >= 0.3 is 0 Å². The number of aryl methyl sites for hydroxylation is 1. The molecule has 138 valence electrons. The van der Waals surface area contributed by atoms with Crippen LogP contribution in [0.5, 0.6) is 5.75 Å². The van der Waals surface area contributed by atoms with Crippen molar-refractivity contribution >= 4 is 5.91 Å². The van der Waals surface area contributed by atoms with Crippen LogP contribution in [0.2, 0.25) is 0 Å². The van der Waals surface area contributed by atoms with Gasteiger partial charge in [0.15, 0.2) is 12.4 Å². The molecular formula is C19H19N5O3. The van der Waals surface area contributed by atoms with Crippen LogP contribution in [0.3, 0.4) is 0 Å². The van der Waals surface area contributed by atoms with Crippen LogP contribution < -0.4 is 4.74 Å². The van der Waals surface area contributed by atoms with Crippen LogP contribution in [0.15, 0.2) is 47.4 Å². The molecule has 1 aromatic carbocycles. The molecule has 3 aromatic rings. The summed E-state index contributed by atoms with van der Waals surface area (Å²) >= 11 is 0. The number of ether oxygens (including phenoxy) is 1. The van der Waals surface area contributed by atoms with Crippen LogP contribution in [0, 0.1) is 6.92 Å². The lowest BCUT2D eigenvalue weighted by Gasteiger charge is -2.16. The van der Waals surface area contributed by atoms with E-state index >= 15 is 0 Å². The van der Waals surface area contributed by atoms with E-state index in [0.717, 1.165) is 12.0 Å². The molecule has 1 aliphatic rings. The summed E-state index contributed by atoms with van der Waals surface area (Å²) in [6.45, 7) is 3.23. The molecule has 0 N–H and O–H groups in total. The summed E-state index contributed by atoms with van der Waals surface area (Å²) in [6, 6.07) is 7.64. The van der Waals surface area contributed by atoms with Gasteiger partial charge in [-0.05, 0) is 25.5 Å². The first-order chi connectivity index (χ1) is 13.2. The fourth-order valence-electron chi connectivity index (χ4n) is 2.98. The Morgan fingerprint density at radius 1 is 1.30 bits per heavy atom. The molecule has 0 bridgehead atoms. The van der Waals surface area contributed by atoms with E-state index in [4.69, 9.17) is 9.26 Å². The van der Waals surface area contributed by atoms with Crippen molar-refractivity contribution in [1.29, 1.82) is 0 Å². The summed E-state index contributed by atoms with van der Waals surface area (Å²) in [5, 5.41) is 4.05.